The summed E-state index contributed by atoms with van der Waals surface area (Å²) in [5.41, 5.74) is 0.555. The van der Waals surface area contributed by atoms with Gasteiger partial charge in [0.1, 0.15) is 5.94 Å². The zero-order valence-electron chi connectivity index (χ0n) is 13.2. The van der Waals surface area contributed by atoms with Gasteiger partial charge >= 0.3 is 5.97 Å². The second kappa shape index (κ2) is 13.0. The molecule has 5 nitrogen and oxygen atoms in total. The van der Waals surface area contributed by atoms with Crippen LogP contribution in [0.3, 0.4) is 0 Å². The number of rotatable bonds is 11. The molecule has 0 aromatic heterocycles. The number of aliphatic hydroxyl groups is 1. The summed E-state index contributed by atoms with van der Waals surface area (Å²) in [5, 5.41) is 10.9. The quantitative estimate of drug-likeness (QED) is 0.109. The summed E-state index contributed by atoms with van der Waals surface area (Å²) in [5.74, 6) is 0.886. The smallest absolute Gasteiger partial charge is 0.334 e. The van der Waals surface area contributed by atoms with Gasteiger partial charge < -0.3 is 14.6 Å². The summed E-state index contributed by atoms with van der Waals surface area (Å²) in [7, 11) is 4.73. The van der Waals surface area contributed by atoms with Gasteiger partial charge in [0, 0.05) is 17.7 Å². The van der Waals surface area contributed by atoms with Crippen molar-refractivity contribution in [2.45, 2.75) is 32.1 Å². The average Bonchev–Trinajstić information content (AvgIpc) is 3.02. The Morgan fingerprint density at radius 3 is 3.00 bits per heavy atom. The minimum Gasteiger partial charge on any atom is -0.450 e. The van der Waals surface area contributed by atoms with E-state index in [4.69, 9.17) is 14.6 Å². The van der Waals surface area contributed by atoms with E-state index in [0.29, 0.717) is 11.5 Å². The van der Waals surface area contributed by atoms with Crippen molar-refractivity contribution >= 4 is 37.4 Å². The lowest BCUT2D eigenvalue weighted by atomic mass is 10.2. The van der Waals surface area contributed by atoms with E-state index in [-0.39, 0.29) is 24.9 Å². The van der Waals surface area contributed by atoms with Crippen LogP contribution in [0.25, 0.3) is 0 Å². The Hall–Kier alpha value is -0.380. The first-order valence-corrected chi connectivity index (χ1v) is 11.1. The first-order valence-electron chi connectivity index (χ1n) is 7.31. The number of aliphatic hydroxyl groups excluding tert-OH is 1. The number of ether oxygens (including phenoxy) is 2. The largest absolute Gasteiger partial charge is 0.450 e. The molecule has 0 spiro atoms. The predicted molar refractivity (Wildman–Crippen MR) is 98.6 cm³/mol. The fourth-order valence-corrected chi connectivity index (χ4v) is 4.59. The first kappa shape index (κ1) is 20.7. The van der Waals surface area contributed by atoms with Crippen LogP contribution in [0.2, 0.25) is 0 Å². The van der Waals surface area contributed by atoms with E-state index >= 15 is 0 Å². The number of esters is 1. The molecule has 0 saturated carbocycles. The third-order valence-electron chi connectivity index (χ3n) is 2.97. The Balaban J connectivity index is 2.15. The molecule has 0 aromatic rings. The molecule has 1 aliphatic rings. The van der Waals surface area contributed by atoms with Gasteiger partial charge in [-0.25, -0.2) is 4.79 Å². The number of allylic oxidation sites excluding steroid dienone is 2. The fraction of sp³-hybridized carbons (Fsp3) is 0.533. The van der Waals surface area contributed by atoms with Crippen LogP contribution >= 0.6 is 31.4 Å². The van der Waals surface area contributed by atoms with Crippen molar-refractivity contribution in [2.24, 2.45) is 0 Å². The van der Waals surface area contributed by atoms with Crippen LogP contribution in [0.4, 0.5) is 0 Å². The number of nitrogens with two attached hydrogens (primary N) is 1. The topological polar surface area (TPSA) is 72.4 Å². The van der Waals surface area contributed by atoms with E-state index in [1.165, 1.54) is 10.8 Å². The standard InChI is InChI=1S/C15H23NO4S3/c1-3-9-21-23-22-11-19-15(18)12(2)5-4-8-16-14-7-6-13(10-17)20-14/h3-5,8,13-14,16-17H,1,6-7,9-11H2,2H3/p+1/b8-4-,12-5+. The summed E-state index contributed by atoms with van der Waals surface area (Å²) in [6, 6.07) is 0. The molecule has 23 heavy (non-hydrogen) atoms. The van der Waals surface area contributed by atoms with Crippen molar-refractivity contribution in [3.05, 3.63) is 36.6 Å². The molecule has 0 aliphatic carbocycles. The van der Waals surface area contributed by atoms with Crippen molar-refractivity contribution in [1.29, 1.82) is 0 Å². The summed E-state index contributed by atoms with van der Waals surface area (Å²) in [4.78, 5) is 11.7. The molecule has 1 aliphatic heterocycles. The molecule has 0 amide bonds. The lowest BCUT2D eigenvalue weighted by Crippen LogP contribution is -2.84. The predicted octanol–water partition coefficient (Wildman–Crippen LogP) is 2.22. The SMILES string of the molecule is C=CCSSSCOC(=O)/C(C)=C/C=C\[NH2+]C1CCC(CO)O1. The van der Waals surface area contributed by atoms with Gasteiger partial charge in [0.15, 0.2) is 6.23 Å². The highest BCUT2D eigenvalue weighted by molar-refractivity contribution is 9.09. The maximum absolute atomic E-state index is 11.7. The Morgan fingerprint density at radius 1 is 1.48 bits per heavy atom. The van der Waals surface area contributed by atoms with Gasteiger partial charge in [-0.05, 0) is 46.1 Å². The Labute approximate surface area is 149 Å². The number of quaternary nitrogens is 1. The molecule has 0 radical (unpaired) electrons. The minimum atomic E-state index is -0.311. The van der Waals surface area contributed by atoms with Gasteiger partial charge in [-0.15, -0.1) is 6.58 Å². The van der Waals surface area contributed by atoms with E-state index in [1.54, 1.807) is 39.7 Å². The zero-order valence-corrected chi connectivity index (χ0v) is 15.6. The Morgan fingerprint density at radius 2 is 2.30 bits per heavy atom. The van der Waals surface area contributed by atoms with E-state index in [2.05, 4.69) is 6.58 Å². The van der Waals surface area contributed by atoms with Crippen LogP contribution in [0.1, 0.15) is 19.8 Å². The number of hydrogen-bond donors (Lipinski definition) is 2. The molecule has 1 fully saturated rings. The van der Waals surface area contributed by atoms with Gasteiger partial charge in [0.05, 0.1) is 18.9 Å². The zero-order chi connectivity index (χ0) is 16.9. The Bertz CT molecular complexity index is 429. The number of carbonyl (C=O) groups is 1. The normalized spacial score (nSPS) is 21.7. The lowest BCUT2D eigenvalue weighted by molar-refractivity contribution is -0.667. The second-order valence-electron chi connectivity index (χ2n) is 4.79. The van der Waals surface area contributed by atoms with Crippen molar-refractivity contribution in [3.63, 3.8) is 0 Å². The van der Waals surface area contributed by atoms with Gasteiger partial charge in [-0.3, -0.25) is 5.32 Å². The highest BCUT2D eigenvalue weighted by Crippen LogP contribution is 2.34. The van der Waals surface area contributed by atoms with Gasteiger partial charge in [0.25, 0.3) is 0 Å². The molecule has 0 aromatic carbocycles. The fourth-order valence-electron chi connectivity index (χ4n) is 1.79. The van der Waals surface area contributed by atoms with Crippen LogP contribution < -0.4 is 5.32 Å². The monoisotopic (exact) mass is 378 g/mol. The summed E-state index contributed by atoms with van der Waals surface area (Å²) in [6.45, 7) is 5.43. The van der Waals surface area contributed by atoms with Crippen molar-refractivity contribution in [3.8, 4) is 0 Å². The molecule has 0 bridgehead atoms. The van der Waals surface area contributed by atoms with E-state index in [0.717, 1.165) is 18.6 Å². The van der Waals surface area contributed by atoms with Crippen molar-refractivity contribution in [1.82, 2.24) is 0 Å². The maximum Gasteiger partial charge on any atom is 0.334 e. The molecule has 3 N–H and O–H groups in total. The van der Waals surface area contributed by atoms with Gasteiger partial charge in [-0.2, -0.15) is 0 Å². The van der Waals surface area contributed by atoms with Crippen LogP contribution in [0.5, 0.6) is 0 Å². The van der Waals surface area contributed by atoms with Crippen LogP contribution in [0.15, 0.2) is 36.6 Å². The Kier molecular flexibility index (Phi) is 11.7. The first-order chi connectivity index (χ1) is 11.2. The van der Waals surface area contributed by atoms with Crippen LogP contribution in [0, 0.1) is 0 Å². The highest BCUT2D eigenvalue weighted by atomic mass is 33.5. The molecular formula is C15H24NO4S3+. The highest BCUT2D eigenvalue weighted by Gasteiger charge is 2.26. The number of hydrogen-bond acceptors (Lipinski definition) is 7. The lowest BCUT2D eigenvalue weighted by Gasteiger charge is -2.07. The number of carbonyl (C=O) groups excluding carboxylic acids is 1. The van der Waals surface area contributed by atoms with Gasteiger partial charge in [-0.1, -0.05) is 16.9 Å². The second-order valence-corrected chi connectivity index (χ2v) is 9.02. The molecule has 1 saturated heterocycles. The van der Waals surface area contributed by atoms with Gasteiger partial charge in [0.2, 0.25) is 0 Å². The molecule has 1 heterocycles. The minimum absolute atomic E-state index is 0.0445. The molecule has 130 valence electrons. The third kappa shape index (κ3) is 9.49. The summed E-state index contributed by atoms with van der Waals surface area (Å²) >= 11 is 0. The molecule has 8 heteroatoms. The van der Waals surface area contributed by atoms with Crippen LogP contribution in [-0.2, 0) is 14.3 Å². The van der Waals surface area contributed by atoms with E-state index < -0.39 is 0 Å². The molecular weight excluding hydrogens is 354 g/mol. The molecule has 1 rings (SSSR count). The van der Waals surface area contributed by atoms with Crippen LogP contribution in [-0.4, -0.2) is 41.7 Å². The summed E-state index contributed by atoms with van der Waals surface area (Å²) in [6.07, 6.45) is 9.02. The molecule has 2 unspecified atom stereocenters. The summed E-state index contributed by atoms with van der Waals surface area (Å²) < 4.78 is 10.7. The third-order valence-corrected chi connectivity index (χ3v) is 6.75. The van der Waals surface area contributed by atoms with E-state index in [1.807, 2.05) is 17.6 Å². The molecule has 2 atom stereocenters. The van der Waals surface area contributed by atoms with E-state index in [9.17, 15) is 4.79 Å². The van der Waals surface area contributed by atoms with Crippen molar-refractivity contribution in [2.75, 3.05) is 18.3 Å². The maximum atomic E-state index is 11.7. The van der Waals surface area contributed by atoms with Crippen molar-refractivity contribution < 1.29 is 24.7 Å². The average molecular weight is 379 g/mol.